The second-order valence-corrected chi connectivity index (χ2v) is 6.97. The van der Waals surface area contributed by atoms with E-state index in [4.69, 9.17) is 0 Å². The molecule has 4 nitrogen and oxygen atoms in total. The summed E-state index contributed by atoms with van der Waals surface area (Å²) >= 11 is 0. The van der Waals surface area contributed by atoms with E-state index in [2.05, 4.69) is 10.3 Å². The minimum Gasteiger partial charge on any atom is -0.355 e. The minimum atomic E-state index is -4.47. The van der Waals surface area contributed by atoms with Crippen molar-refractivity contribution in [2.24, 2.45) is 5.92 Å². The zero-order valence-electron chi connectivity index (χ0n) is 15.3. The molecule has 1 saturated heterocycles. The molecule has 144 valence electrons. The molecule has 0 bridgehead atoms. The number of hydrogen-bond donors (Lipinski definition) is 1. The number of aryl methyl sites for hydroxylation is 2. The molecular formula is C20H22F3N3O. The lowest BCUT2D eigenvalue weighted by Crippen LogP contribution is -2.42. The second-order valence-electron chi connectivity index (χ2n) is 6.97. The van der Waals surface area contributed by atoms with Crippen LogP contribution in [0, 0.1) is 19.8 Å². The molecule has 1 atom stereocenters. The first-order chi connectivity index (χ1) is 12.8. The van der Waals surface area contributed by atoms with Crippen molar-refractivity contribution in [3.8, 4) is 0 Å². The van der Waals surface area contributed by atoms with Gasteiger partial charge < -0.3 is 10.2 Å². The average Bonchev–Trinajstić information content (AvgIpc) is 2.64. The van der Waals surface area contributed by atoms with Gasteiger partial charge in [0.1, 0.15) is 5.82 Å². The van der Waals surface area contributed by atoms with E-state index >= 15 is 0 Å². The molecule has 2 aromatic rings. The normalized spacial score (nSPS) is 17.7. The lowest BCUT2D eigenvalue weighted by Gasteiger charge is -2.34. The van der Waals surface area contributed by atoms with Crippen LogP contribution in [0.1, 0.15) is 29.5 Å². The number of alkyl halides is 3. The van der Waals surface area contributed by atoms with E-state index in [0.717, 1.165) is 22.9 Å². The molecule has 1 aliphatic rings. The van der Waals surface area contributed by atoms with Crippen LogP contribution in [0.3, 0.4) is 0 Å². The van der Waals surface area contributed by atoms with Crippen LogP contribution in [0.25, 0.3) is 0 Å². The van der Waals surface area contributed by atoms with Gasteiger partial charge in [0.05, 0.1) is 11.5 Å². The van der Waals surface area contributed by atoms with Crippen molar-refractivity contribution in [2.45, 2.75) is 32.9 Å². The van der Waals surface area contributed by atoms with E-state index in [1.807, 2.05) is 32.0 Å². The topological polar surface area (TPSA) is 45.2 Å². The number of carbonyl (C=O) groups is 1. The molecule has 0 aliphatic carbocycles. The van der Waals surface area contributed by atoms with Crippen LogP contribution in [-0.2, 0) is 11.0 Å². The molecule has 1 N–H and O–H groups in total. The van der Waals surface area contributed by atoms with Crippen molar-refractivity contribution in [1.82, 2.24) is 4.98 Å². The number of rotatable bonds is 3. The number of aromatic nitrogens is 1. The predicted molar refractivity (Wildman–Crippen MR) is 98.7 cm³/mol. The minimum absolute atomic E-state index is 0.103. The van der Waals surface area contributed by atoms with Gasteiger partial charge in [0, 0.05) is 25.0 Å². The maximum Gasteiger partial charge on any atom is 0.419 e. The Morgan fingerprint density at radius 1 is 1.26 bits per heavy atom. The summed E-state index contributed by atoms with van der Waals surface area (Å²) < 4.78 is 39.8. The Kier molecular flexibility index (Phi) is 5.39. The quantitative estimate of drug-likeness (QED) is 0.852. The highest BCUT2D eigenvalue weighted by Gasteiger charge is 2.37. The molecule has 1 amide bonds. The summed E-state index contributed by atoms with van der Waals surface area (Å²) in [6, 6.07) is 8.10. The summed E-state index contributed by atoms with van der Waals surface area (Å²) in [4.78, 5) is 18.2. The Labute approximate surface area is 156 Å². The average molecular weight is 377 g/mol. The van der Waals surface area contributed by atoms with Gasteiger partial charge in [-0.25, -0.2) is 4.98 Å². The number of anilines is 2. The number of carbonyl (C=O) groups excluding carboxylic acids is 1. The fraction of sp³-hybridized carbons (Fsp3) is 0.400. The third-order valence-electron chi connectivity index (χ3n) is 4.83. The van der Waals surface area contributed by atoms with Gasteiger partial charge in [-0.3, -0.25) is 4.79 Å². The Morgan fingerprint density at radius 2 is 2.04 bits per heavy atom. The van der Waals surface area contributed by atoms with E-state index in [0.29, 0.717) is 19.4 Å². The van der Waals surface area contributed by atoms with E-state index in [1.165, 1.54) is 12.3 Å². The molecule has 2 heterocycles. The molecule has 1 aliphatic heterocycles. The van der Waals surface area contributed by atoms with Crippen molar-refractivity contribution in [1.29, 1.82) is 0 Å². The van der Waals surface area contributed by atoms with Crippen molar-refractivity contribution < 1.29 is 18.0 Å². The number of amides is 1. The number of nitrogens with one attached hydrogen (secondary N) is 1. The van der Waals surface area contributed by atoms with Crippen LogP contribution < -0.4 is 10.2 Å². The summed E-state index contributed by atoms with van der Waals surface area (Å²) in [5, 5.41) is 2.93. The third kappa shape index (κ3) is 4.40. The van der Waals surface area contributed by atoms with Crippen LogP contribution in [0.4, 0.5) is 24.7 Å². The van der Waals surface area contributed by atoms with E-state index < -0.39 is 11.7 Å². The summed E-state index contributed by atoms with van der Waals surface area (Å²) in [7, 11) is 0. The largest absolute Gasteiger partial charge is 0.419 e. The van der Waals surface area contributed by atoms with Gasteiger partial charge in [-0.1, -0.05) is 12.1 Å². The number of nitrogens with zero attached hydrogens (tertiary/aromatic N) is 2. The smallest absolute Gasteiger partial charge is 0.355 e. The molecule has 1 aromatic carbocycles. The number of piperidine rings is 1. The molecule has 0 saturated carbocycles. The van der Waals surface area contributed by atoms with E-state index in [-0.39, 0.29) is 24.2 Å². The van der Waals surface area contributed by atoms with Gasteiger partial charge in [-0.15, -0.1) is 0 Å². The highest BCUT2D eigenvalue weighted by molar-refractivity contribution is 5.93. The predicted octanol–water partition coefficient (Wildman–Crippen LogP) is 4.57. The molecule has 0 spiro atoms. The summed E-state index contributed by atoms with van der Waals surface area (Å²) in [6.45, 7) is 4.52. The first-order valence-electron chi connectivity index (χ1n) is 8.91. The number of halogens is 3. The molecule has 0 radical (unpaired) electrons. The summed E-state index contributed by atoms with van der Waals surface area (Å²) in [5.74, 6) is -0.658. The van der Waals surface area contributed by atoms with Crippen molar-refractivity contribution in [2.75, 3.05) is 23.3 Å². The third-order valence-corrected chi connectivity index (χ3v) is 4.83. The molecule has 1 fully saturated rings. The number of pyridine rings is 1. The van der Waals surface area contributed by atoms with Crippen LogP contribution in [-0.4, -0.2) is 24.0 Å². The Morgan fingerprint density at radius 3 is 2.78 bits per heavy atom. The summed E-state index contributed by atoms with van der Waals surface area (Å²) in [5.41, 5.74) is 1.96. The van der Waals surface area contributed by atoms with E-state index in [1.54, 1.807) is 4.90 Å². The van der Waals surface area contributed by atoms with Crippen molar-refractivity contribution >= 4 is 17.4 Å². The maximum atomic E-state index is 13.3. The van der Waals surface area contributed by atoms with Gasteiger partial charge in [0.2, 0.25) is 5.91 Å². The van der Waals surface area contributed by atoms with Gasteiger partial charge in [-0.2, -0.15) is 13.2 Å². The van der Waals surface area contributed by atoms with Gasteiger partial charge in [0.25, 0.3) is 0 Å². The maximum absolute atomic E-state index is 13.3. The molecule has 7 heteroatoms. The zero-order chi connectivity index (χ0) is 19.6. The number of hydrogen-bond acceptors (Lipinski definition) is 3. The van der Waals surface area contributed by atoms with Crippen LogP contribution in [0.2, 0.25) is 0 Å². The number of benzene rings is 1. The zero-order valence-corrected chi connectivity index (χ0v) is 15.3. The highest BCUT2D eigenvalue weighted by atomic mass is 19.4. The van der Waals surface area contributed by atoms with Gasteiger partial charge in [-0.05, 0) is 56.0 Å². The molecule has 1 unspecified atom stereocenters. The lowest BCUT2D eigenvalue weighted by molar-refractivity contribution is -0.137. The Hall–Kier alpha value is -2.57. The molecule has 27 heavy (non-hydrogen) atoms. The molecule has 3 rings (SSSR count). The van der Waals surface area contributed by atoms with Gasteiger partial charge >= 0.3 is 6.18 Å². The standard InChI is InChI=1S/C20H22F3N3O/c1-13-7-8-14(2)17(11-13)25-19(27)15-5-4-10-26(12-15)18-16(20(21,22)23)6-3-9-24-18/h3,6-9,11,15H,4-5,10,12H2,1-2H3,(H,25,27). The van der Waals surface area contributed by atoms with Crippen molar-refractivity contribution in [3.05, 3.63) is 53.2 Å². The Bertz CT molecular complexity index is 835. The van der Waals surface area contributed by atoms with Crippen LogP contribution in [0.5, 0.6) is 0 Å². The lowest BCUT2D eigenvalue weighted by atomic mass is 9.96. The molecular weight excluding hydrogens is 355 g/mol. The molecule has 1 aromatic heterocycles. The summed E-state index contributed by atoms with van der Waals surface area (Å²) in [6.07, 6.45) is -1.85. The first-order valence-corrected chi connectivity index (χ1v) is 8.91. The highest BCUT2D eigenvalue weighted by Crippen LogP contribution is 2.36. The second kappa shape index (κ2) is 7.58. The van der Waals surface area contributed by atoms with Crippen LogP contribution in [0.15, 0.2) is 36.5 Å². The first kappa shape index (κ1) is 19.2. The fourth-order valence-corrected chi connectivity index (χ4v) is 3.36. The SMILES string of the molecule is Cc1ccc(C)c(NC(=O)C2CCCN(c3ncccc3C(F)(F)F)C2)c1. The fourth-order valence-electron chi connectivity index (χ4n) is 3.36. The van der Waals surface area contributed by atoms with Gasteiger partial charge in [0.15, 0.2) is 0 Å². The van der Waals surface area contributed by atoms with E-state index in [9.17, 15) is 18.0 Å². The van der Waals surface area contributed by atoms with Crippen LogP contribution >= 0.6 is 0 Å². The monoisotopic (exact) mass is 377 g/mol. The Balaban J connectivity index is 1.77. The van der Waals surface area contributed by atoms with Crippen molar-refractivity contribution in [3.63, 3.8) is 0 Å².